The molecule has 0 bridgehead atoms. The highest BCUT2D eigenvalue weighted by Crippen LogP contribution is 2.57. The Bertz CT molecular complexity index is 2920. The van der Waals surface area contributed by atoms with E-state index < -0.39 is 0 Å². The van der Waals surface area contributed by atoms with Crippen molar-refractivity contribution in [1.29, 1.82) is 0 Å². The molecule has 7 aromatic carbocycles. The first-order chi connectivity index (χ1) is 26.7. The van der Waals surface area contributed by atoms with Gasteiger partial charge in [-0.25, -0.2) is 0 Å². The summed E-state index contributed by atoms with van der Waals surface area (Å²) in [6.45, 7) is 9.74. The van der Waals surface area contributed by atoms with E-state index in [-0.39, 0.29) is 10.8 Å². The van der Waals surface area contributed by atoms with Gasteiger partial charge < -0.3 is 0 Å². The Morgan fingerprint density at radius 2 is 1.24 bits per heavy atom. The van der Waals surface area contributed by atoms with E-state index in [1.54, 1.807) is 0 Å². The Labute approximate surface area is 330 Å². The Kier molecular flexibility index (Phi) is 7.09. The highest BCUT2D eigenvalue weighted by molar-refractivity contribution is 7.80. The van der Waals surface area contributed by atoms with Crippen LogP contribution in [0.4, 0.5) is 0 Å². The zero-order chi connectivity index (χ0) is 37.2. The maximum Gasteiger partial charge on any atom is 0.0165 e. The molecule has 0 spiro atoms. The summed E-state index contributed by atoms with van der Waals surface area (Å²) in [5.41, 5.74) is 17.7. The van der Waals surface area contributed by atoms with Crippen LogP contribution in [0.1, 0.15) is 80.3 Å². The minimum atomic E-state index is -0.126. The van der Waals surface area contributed by atoms with Gasteiger partial charge in [0, 0.05) is 10.3 Å². The quantitative estimate of drug-likeness (QED) is 0.136. The van der Waals surface area contributed by atoms with E-state index in [1.165, 1.54) is 105 Å². The molecule has 0 amide bonds. The molecule has 11 rings (SSSR count). The number of allylic oxidation sites excluding steroid dienone is 8. The first-order valence-electron chi connectivity index (χ1n) is 20.0. The summed E-state index contributed by atoms with van der Waals surface area (Å²) in [5.74, 6) is 0.458. The van der Waals surface area contributed by atoms with Crippen LogP contribution in [0.25, 0.3) is 71.3 Å². The largest absolute Gasteiger partial charge is 0.143 e. The van der Waals surface area contributed by atoms with Gasteiger partial charge in [-0.2, -0.15) is 0 Å². The molecule has 0 radical (unpaired) electrons. The van der Waals surface area contributed by atoms with Crippen molar-refractivity contribution in [3.63, 3.8) is 0 Å². The van der Waals surface area contributed by atoms with Crippen LogP contribution in [0.5, 0.6) is 0 Å². The van der Waals surface area contributed by atoms with Crippen molar-refractivity contribution in [3.05, 3.63) is 179 Å². The van der Waals surface area contributed by atoms with E-state index in [0.717, 1.165) is 24.2 Å². The average molecular weight is 725 g/mol. The monoisotopic (exact) mass is 724 g/mol. The predicted molar refractivity (Wildman–Crippen MR) is 239 cm³/mol. The van der Waals surface area contributed by atoms with Gasteiger partial charge in [0.25, 0.3) is 0 Å². The Morgan fingerprint density at radius 1 is 0.600 bits per heavy atom. The Hall–Kier alpha value is -5.37. The fourth-order valence-corrected chi connectivity index (χ4v) is 11.1. The van der Waals surface area contributed by atoms with Gasteiger partial charge in [0.05, 0.1) is 0 Å². The normalized spacial score (nSPS) is 18.8. The molecule has 1 atom stereocenters. The Balaban J connectivity index is 1.02. The highest BCUT2D eigenvalue weighted by Gasteiger charge is 2.44. The lowest BCUT2D eigenvalue weighted by Gasteiger charge is -2.30. The van der Waals surface area contributed by atoms with Crippen molar-refractivity contribution < 1.29 is 0 Å². The molecule has 0 fully saturated rings. The van der Waals surface area contributed by atoms with Crippen LogP contribution in [-0.4, -0.2) is 0 Å². The fourth-order valence-electron chi connectivity index (χ4n) is 10.9. The molecule has 0 aromatic heterocycles. The van der Waals surface area contributed by atoms with E-state index in [4.69, 9.17) is 12.6 Å². The van der Waals surface area contributed by atoms with Crippen LogP contribution < -0.4 is 0 Å². The molecule has 1 unspecified atom stereocenters. The second kappa shape index (κ2) is 11.8. The molecule has 0 N–H and O–H groups in total. The van der Waals surface area contributed by atoms with E-state index >= 15 is 0 Å². The van der Waals surface area contributed by atoms with Crippen molar-refractivity contribution in [2.75, 3.05) is 0 Å². The lowest BCUT2D eigenvalue weighted by Crippen LogP contribution is -2.24. The smallest absolute Gasteiger partial charge is 0.0165 e. The first kappa shape index (κ1) is 33.0. The summed E-state index contributed by atoms with van der Waals surface area (Å²) in [7, 11) is 0. The molecular weight excluding hydrogens is 681 g/mol. The third-order valence-corrected chi connectivity index (χ3v) is 14.1. The molecule has 266 valence electrons. The summed E-state index contributed by atoms with van der Waals surface area (Å²) < 4.78 is 0. The standard InChI is InChI=1S/C54H44S/c1-53(2)47-24-18-34(30-45(47)46-31-35(19-25-48(46)53)36-21-27-50(55)43(28-36)32-12-6-5-7-13-32)33-20-26-49-44(29-33)42-23-22-41-39-16-9-8-14-37(39)38-15-10-11-17-40(38)51(41)52(42)54(49,3)4/h5-6,8-12,14-23,25-31,47,55H,7,13,24H2,1-4H3. The van der Waals surface area contributed by atoms with Gasteiger partial charge in [0.2, 0.25) is 0 Å². The topological polar surface area (TPSA) is 0 Å². The third kappa shape index (κ3) is 4.72. The van der Waals surface area contributed by atoms with E-state index in [9.17, 15) is 0 Å². The zero-order valence-corrected chi connectivity index (χ0v) is 32.9. The molecule has 0 nitrogen and oxygen atoms in total. The predicted octanol–water partition coefficient (Wildman–Crippen LogP) is 14.9. The Morgan fingerprint density at radius 3 is 1.98 bits per heavy atom. The van der Waals surface area contributed by atoms with E-state index in [0.29, 0.717) is 5.92 Å². The second-order valence-electron chi connectivity index (χ2n) is 17.3. The van der Waals surface area contributed by atoms with Crippen LogP contribution >= 0.6 is 12.6 Å². The van der Waals surface area contributed by atoms with Crippen LogP contribution in [0.15, 0.2) is 151 Å². The zero-order valence-electron chi connectivity index (χ0n) is 32.0. The highest BCUT2D eigenvalue weighted by atomic mass is 32.1. The van der Waals surface area contributed by atoms with Crippen molar-refractivity contribution >= 4 is 61.7 Å². The number of thiol groups is 1. The maximum atomic E-state index is 4.87. The van der Waals surface area contributed by atoms with Crippen molar-refractivity contribution in [2.45, 2.75) is 62.7 Å². The summed E-state index contributed by atoms with van der Waals surface area (Å²) in [4.78, 5) is 1.05. The lowest BCUT2D eigenvalue weighted by atomic mass is 9.73. The molecule has 0 saturated carbocycles. The van der Waals surface area contributed by atoms with Crippen LogP contribution in [-0.2, 0) is 10.8 Å². The molecule has 0 saturated heterocycles. The molecular formula is C54H44S. The van der Waals surface area contributed by atoms with Crippen molar-refractivity contribution in [3.8, 4) is 22.3 Å². The first-order valence-corrected chi connectivity index (χ1v) is 20.4. The number of hydrogen-bond acceptors (Lipinski definition) is 1. The van der Waals surface area contributed by atoms with Gasteiger partial charge in [0.15, 0.2) is 0 Å². The molecule has 0 aliphatic heterocycles. The number of benzene rings is 7. The van der Waals surface area contributed by atoms with E-state index in [1.807, 2.05) is 0 Å². The summed E-state index contributed by atoms with van der Waals surface area (Å²) in [5, 5.41) is 8.10. The van der Waals surface area contributed by atoms with E-state index in [2.05, 4.69) is 173 Å². The third-order valence-electron chi connectivity index (χ3n) is 13.7. The van der Waals surface area contributed by atoms with Gasteiger partial charge in [-0.3, -0.25) is 0 Å². The molecule has 4 aliphatic rings. The maximum absolute atomic E-state index is 4.87. The lowest BCUT2D eigenvalue weighted by molar-refractivity contribution is 0.415. The van der Waals surface area contributed by atoms with Crippen LogP contribution in [0, 0.1) is 5.92 Å². The number of hydrogen-bond donors (Lipinski definition) is 1. The van der Waals surface area contributed by atoms with Gasteiger partial charge >= 0.3 is 0 Å². The van der Waals surface area contributed by atoms with Gasteiger partial charge in [-0.05, 0) is 160 Å². The van der Waals surface area contributed by atoms with Crippen molar-refractivity contribution in [1.82, 2.24) is 0 Å². The van der Waals surface area contributed by atoms with Gasteiger partial charge in [-0.1, -0.05) is 149 Å². The summed E-state index contributed by atoms with van der Waals surface area (Å²) >= 11 is 4.87. The molecule has 7 aromatic rings. The fraction of sp³-hybridized carbons (Fsp3) is 0.185. The van der Waals surface area contributed by atoms with Crippen LogP contribution in [0.3, 0.4) is 0 Å². The second-order valence-corrected chi connectivity index (χ2v) is 17.8. The van der Waals surface area contributed by atoms with Crippen molar-refractivity contribution in [2.24, 2.45) is 5.92 Å². The molecule has 0 heterocycles. The SMILES string of the molecule is CC1(C)c2ccc(C3=CCC4C(=C3)c3cc(-c5ccc(S)c(C6=CC=CCC6)c5)ccc3C4(C)C)cc2-c2ccc3c4ccccc4c4ccccc4c3c21. The minimum absolute atomic E-state index is 0.0655. The van der Waals surface area contributed by atoms with Gasteiger partial charge in [-0.15, -0.1) is 12.6 Å². The average Bonchev–Trinajstić information content (AvgIpc) is 3.59. The van der Waals surface area contributed by atoms with Gasteiger partial charge in [0.1, 0.15) is 0 Å². The molecule has 4 aliphatic carbocycles. The molecule has 1 heteroatoms. The number of fused-ring (bicyclic) bond motifs is 13. The molecule has 55 heavy (non-hydrogen) atoms. The summed E-state index contributed by atoms with van der Waals surface area (Å²) in [6.07, 6.45) is 14.9. The minimum Gasteiger partial charge on any atom is -0.143 e. The van der Waals surface area contributed by atoms with Crippen LogP contribution in [0.2, 0.25) is 0 Å². The summed E-state index contributed by atoms with van der Waals surface area (Å²) in [6, 6.07) is 44.0. The number of rotatable bonds is 3.